The first-order valence-electron chi connectivity index (χ1n) is 6.48. The summed E-state index contributed by atoms with van der Waals surface area (Å²) >= 11 is 0. The predicted octanol–water partition coefficient (Wildman–Crippen LogP) is 1.09. The number of ether oxygens (including phenoxy) is 2. The van der Waals surface area contributed by atoms with Gasteiger partial charge in [-0.05, 0) is 6.92 Å². The number of Topliss-reactive ketones (excluding diaryl/α,β-unsaturated/α-hetero) is 1. The molecule has 4 heteroatoms. The maximum absolute atomic E-state index is 11.7. The molecule has 2 heterocycles. The minimum atomic E-state index is -0.158. The van der Waals surface area contributed by atoms with E-state index in [0.717, 1.165) is 26.1 Å². The van der Waals surface area contributed by atoms with Crippen LogP contribution >= 0.6 is 0 Å². The molecule has 0 aromatic heterocycles. The second-order valence-corrected chi connectivity index (χ2v) is 5.41. The lowest BCUT2D eigenvalue weighted by molar-refractivity contribution is -0.130. The normalized spacial score (nSPS) is 39.8. The molecule has 3 unspecified atom stereocenters. The predicted molar refractivity (Wildman–Crippen MR) is 65.0 cm³/mol. The van der Waals surface area contributed by atoms with E-state index in [1.807, 2.05) is 6.92 Å². The van der Waals surface area contributed by atoms with Crippen molar-refractivity contribution in [3.05, 3.63) is 0 Å². The Bertz CT molecular complexity index is 286. The van der Waals surface area contributed by atoms with Gasteiger partial charge in [0.1, 0.15) is 11.4 Å². The molecule has 0 aliphatic carbocycles. The van der Waals surface area contributed by atoms with E-state index in [1.54, 1.807) is 7.11 Å². The molecule has 0 spiro atoms. The van der Waals surface area contributed by atoms with Crippen molar-refractivity contribution < 1.29 is 14.3 Å². The zero-order valence-corrected chi connectivity index (χ0v) is 11.1. The second kappa shape index (κ2) is 5.04. The highest BCUT2D eigenvalue weighted by molar-refractivity contribution is 5.82. The van der Waals surface area contributed by atoms with Crippen molar-refractivity contribution in [2.24, 2.45) is 5.92 Å². The molecule has 0 radical (unpaired) electrons. The summed E-state index contributed by atoms with van der Waals surface area (Å²) in [5, 5.41) is 0. The number of methoxy groups -OCH3 is 1. The van der Waals surface area contributed by atoms with Gasteiger partial charge in [0.2, 0.25) is 0 Å². The van der Waals surface area contributed by atoms with Crippen molar-refractivity contribution >= 4 is 5.78 Å². The topological polar surface area (TPSA) is 38.8 Å². The lowest BCUT2D eigenvalue weighted by Gasteiger charge is -2.41. The van der Waals surface area contributed by atoms with E-state index >= 15 is 0 Å². The molecule has 2 saturated heterocycles. The van der Waals surface area contributed by atoms with Gasteiger partial charge in [-0.2, -0.15) is 0 Å². The summed E-state index contributed by atoms with van der Waals surface area (Å²) in [6, 6.07) is 0.309. The van der Waals surface area contributed by atoms with Crippen molar-refractivity contribution in [3.8, 4) is 0 Å². The summed E-state index contributed by atoms with van der Waals surface area (Å²) in [6.45, 7) is 7.36. The van der Waals surface area contributed by atoms with Crippen LogP contribution in [-0.4, -0.2) is 55.7 Å². The van der Waals surface area contributed by atoms with Crippen LogP contribution < -0.4 is 0 Å². The highest BCUT2D eigenvalue weighted by atomic mass is 16.5. The summed E-state index contributed by atoms with van der Waals surface area (Å²) in [7, 11) is 1.76. The molecule has 2 fully saturated rings. The molecule has 2 rings (SSSR count). The van der Waals surface area contributed by atoms with Gasteiger partial charge in [0.05, 0.1) is 6.61 Å². The zero-order chi connectivity index (χ0) is 12.5. The van der Waals surface area contributed by atoms with Gasteiger partial charge in [0.15, 0.2) is 0 Å². The van der Waals surface area contributed by atoms with Crippen LogP contribution in [0.1, 0.15) is 26.7 Å². The number of ketones is 1. The van der Waals surface area contributed by atoms with Crippen LogP contribution in [0, 0.1) is 5.92 Å². The molecule has 17 heavy (non-hydrogen) atoms. The third-order valence-electron chi connectivity index (χ3n) is 4.44. The quantitative estimate of drug-likeness (QED) is 0.741. The average Bonchev–Trinajstić information content (AvgIpc) is 2.79. The summed E-state index contributed by atoms with van der Waals surface area (Å²) in [5.41, 5.74) is -0.158. The Balaban J connectivity index is 2.00. The molecule has 0 aromatic carbocycles. The Kier molecular flexibility index (Phi) is 3.85. The van der Waals surface area contributed by atoms with Crippen molar-refractivity contribution in [2.45, 2.75) is 38.3 Å². The van der Waals surface area contributed by atoms with Gasteiger partial charge < -0.3 is 9.47 Å². The zero-order valence-electron chi connectivity index (χ0n) is 11.1. The van der Waals surface area contributed by atoms with Gasteiger partial charge >= 0.3 is 0 Å². The monoisotopic (exact) mass is 241 g/mol. The SMILES string of the molecule is COC1(CN2CCC(=O)C(C)C2C)CCOC1. The van der Waals surface area contributed by atoms with Crippen molar-refractivity contribution in [1.29, 1.82) is 0 Å². The van der Waals surface area contributed by atoms with Gasteiger partial charge in [0.25, 0.3) is 0 Å². The van der Waals surface area contributed by atoms with Crippen molar-refractivity contribution in [1.82, 2.24) is 4.90 Å². The number of piperidine rings is 1. The number of rotatable bonds is 3. The summed E-state index contributed by atoms with van der Waals surface area (Å²) in [4.78, 5) is 14.0. The molecule has 0 saturated carbocycles. The molecule has 3 atom stereocenters. The van der Waals surface area contributed by atoms with Crippen LogP contribution in [0.3, 0.4) is 0 Å². The van der Waals surface area contributed by atoms with Gasteiger partial charge in [-0.3, -0.25) is 9.69 Å². The third-order valence-corrected chi connectivity index (χ3v) is 4.44. The molecule has 2 aliphatic rings. The Morgan fingerprint density at radius 2 is 2.29 bits per heavy atom. The highest BCUT2D eigenvalue weighted by Crippen LogP contribution is 2.28. The molecule has 4 nitrogen and oxygen atoms in total. The van der Waals surface area contributed by atoms with Crippen LogP contribution in [0.15, 0.2) is 0 Å². The Morgan fingerprint density at radius 3 is 2.88 bits per heavy atom. The van der Waals surface area contributed by atoms with Crippen molar-refractivity contribution in [2.75, 3.05) is 33.4 Å². The molecule has 0 amide bonds. The summed E-state index contributed by atoms with van der Waals surface area (Å²) < 4.78 is 11.1. The number of hydrogen-bond donors (Lipinski definition) is 0. The fourth-order valence-electron chi connectivity index (χ4n) is 2.80. The molecule has 0 aromatic rings. The van der Waals surface area contributed by atoms with E-state index in [0.29, 0.717) is 24.9 Å². The largest absolute Gasteiger partial charge is 0.378 e. The molecular weight excluding hydrogens is 218 g/mol. The highest BCUT2D eigenvalue weighted by Gasteiger charge is 2.40. The lowest BCUT2D eigenvalue weighted by atomic mass is 9.89. The lowest BCUT2D eigenvalue weighted by Crippen LogP contribution is -2.54. The van der Waals surface area contributed by atoms with Gasteiger partial charge in [-0.1, -0.05) is 6.92 Å². The summed E-state index contributed by atoms with van der Waals surface area (Å²) in [6.07, 6.45) is 1.63. The van der Waals surface area contributed by atoms with Crippen LogP contribution in [0.2, 0.25) is 0 Å². The fraction of sp³-hybridized carbons (Fsp3) is 0.923. The van der Waals surface area contributed by atoms with E-state index in [-0.39, 0.29) is 11.5 Å². The molecule has 98 valence electrons. The van der Waals surface area contributed by atoms with Gasteiger partial charge in [0, 0.05) is 51.6 Å². The number of carbonyl (C=O) groups excluding carboxylic acids is 1. The third kappa shape index (κ3) is 2.54. The van der Waals surface area contributed by atoms with E-state index < -0.39 is 0 Å². The maximum atomic E-state index is 11.7. The van der Waals surface area contributed by atoms with E-state index in [1.165, 1.54) is 0 Å². The first-order valence-corrected chi connectivity index (χ1v) is 6.48. The molecular formula is C13H23NO3. The number of nitrogens with zero attached hydrogens (tertiary/aromatic N) is 1. The molecule has 2 aliphatic heterocycles. The maximum Gasteiger partial charge on any atom is 0.138 e. The van der Waals surface area contributed by atoms with Crippen LogP contribution in [0.25, 0.3) is 0 Å². The Hall–Kier alpha value is -0.450. The fourth-order valence-corrected chi connectivity index (χ4v) is 2.80. The minimum absolute atomic E-state index is 0.139. The number of carbonyl (C=O) groups is 1. The summed E-state index contributed by atoms with van der Waals surface area (Å²) in [5.74, 6) is 0.530. The Morgan fingerprint density at radius 1 is 1.53 bits per heavy atom. The standard InChI is InChI=1S/C13H23NO3/c1-10-11(2)14(6-4-12(10)15)8-13(16-3)5-7-17-9-13/h10-11H,4-9H2,1-3H3. The van der Waals surface area contributed by atoms with Gasteiger partial charge in [-0.15, -0.1) is 0 Å². The second-order valence-electron chi connectivity index (χ2n) is 5.41. The number of likely N-dealkylation sites (tertiary alicyclic amines) is 1. The van der Waals surface area contributed by atoms with E-state index in [4.69, 9.17) is 9.47 Å². The minimum Gasteiger partial charge on any atom is -0.378 e. The first kappa shape index (κ1) is 13.0. The molecule has 0 N–H and O–H groups in total. The van der Waals surface area contributed by atoms with E-state index in [9.17, 15) is 4.79 Å². The molecule has 0 bridgehead atoms. The van der Waals surface area contributed by atoms with Crippen LogP contribution in [-0.2, 0) is 14.3 Å². The average molecular weight is 241 g/mol. The number of hydrogen-bond acceptors (Lipinski definition) is 4. The smallest absolute Gasteiger partial charge is 0.138 e. The van der Waals surface area contributed by atoms with E-state index in [2.05, 4.69) is 11.8 Å². The van der Waals surface area contributed by atoms with Crippen LogP contribution in [0.4, 0.5) is 0 Å². The van der Waals surface area contributed by atoms with Crippen LogP contribution in [0.5, 0.6) is 0 Å². The van der Waals surface area contributed by atoms with Gasteiger partial charge in [-0.25, -0.2) is 0 Å². The van der Waals surface area contributed by atoms with Crippen molar-refractivity contribution in [3.63, 3.8) is 0 Å². The first-order chi connectivity index (χ1) is 8.08. The Labute approximate surface area is 103 Å².